The molecule has 3 heteroatoms. The van der Waals surface area contributed by atoms with Gasteiger partial charge in [-0.05, 0) is 13.0 Å². The van der Waals surface area contributed by atoms with E-state index in [1.807, 2.05) is 0 Å². The zero-order chi connectivity index (χ0) is 10.4. The van der Waals surface area contributed by atoms with Crippen LogP contribution in [0.3, 0.4) is 0 Å². The Morgan fingerprint density at radius 3 is 2.29 bits per heavy atom. The number of nitrogens with zero attached hydrogens (tertiary/aromatic N) is 3. The molecule has 14 heavy (non-hydrogen) atoms. The molecule has 80 valence electrons. The minimum Gasteiger partial charge on any atom is -0.278 e. The predicted molar refractivity (Wildman–Crippen MR) is 59.5 cm³/mol. The van der Waals surface area contributed by atoms with Crippen LogP contribution in [0, 0.1) is 12.3 Å². The van der Waals surface area contributed by atoms with Crippen LogP contribution in [0.4, 0.5) is 0 Å². The summed E-state index contributed by atoms with van der Waals surface area (Å²) in [6.07, 6.45) is 6.55. The molecule has 1 aliphatic heterocycles. The molecular formula is C11H21N3. The van der Waals surface area contributed by atoms with E-state index in [2.05, 4.69) is 34.5 Å². The van der Waals surface area contributed by atoms with Gasteiger partial charge in [0.15, 0.2) is 0 Å². The third-order valence-electron chi connectivity index (χ3n) is 2.50. The highest BCUT2D eigenvalue weighted by molar-refractivity contribution is 4.88. The third-order valence-corrected chi connectivity index (χ3v) is 2.50. The predicted octanol–water partition coefficient (Wildman–Crippen LogP) is 0.842. The van der Waals surface area contributed by atoms with Crippen molar-refractivity contribution in [3.05, 3.63) is 0 Å². The minimum atomic E-state index is 0.761. The van der Waals surface area contributed by atoms with Gasteiger partial charge in [0.25, 0.3) is 0 Å². The molecule has 1 aliphatic rings. The van der Waals surface area contributed by atoms with Gasteiger partial charge in [0, 0.05) is 6.54 Å². The summed E-state index contributed by atoms with van der Waals surface area (Å²) in [6, 6.07) is 0. The molecular weight excluding hydrogens is 174 g/mol. The van der Waals surface area contributed by atoms with Crippen LogP contribution in [0.5, 0.6) is 0 Å². The van der Waals surface area contributed by atoms with Crippen LogP contribution in [-0.4, -0.2) is 54.3 Å². The molecule has 1 heterocycles. The summed E-state index contributed by atoms with van der Waals surface area (Å²) in [5.74, 6) is 2.72. The molecule has 0 aliphatic carbocycles. The maximum atomic E-state index is 5.34. The topological polar surface area (TPSA) is 9.72 Å². The van der Waals surface area contributed by atoms with E-state index in [9.17, 15) is 0 Å². The Hall–Kier alpha value is -0.560. The summed E-state index contributed by atoms with van der Waals surface area (Å²) in [5.41, 5.74) is 0. The molecule has 1 fully saturated rings. The maximum absolute atomic E-state index is 5.34. The van der Waals surface area contributed by atoms with E-state index in [0.29, 0.717) is 0 Å². The van der Waals surface area contributed by atoms with Gasteiger partial charge >= 0.3 is 0 Å². The molecule has 0 bridgehead atoms. The minimum absolute atomic E-state index is 0.761. The Labute approximate surface area is 87.7 Å². The van der Waals surface area contributed by atoms with Crippen LogP contribution in [-0.2, 0) is 0 Å². The van der Waals surface area contributed by atoms with Gasteiger partial charge in [-0.2, -0.15) is 0 Å². The molecule has 0 N–H and O–H groups in total. The summed E-state index contributed by atoms with van der Waals surface area (Å²) < 4.78 is 0. The van der Waals surface area contributed by atoms with Crippen molar-refractivity contribution in [2.24, 2.45) is 0 Å². The van der Waals surface area contributed by atoms with Crippen molar-refractivity contribution < 1.29 is 0 Å². The lowest BCUT2D eigenvalue weighted by molar-refractivity contribution is -0.0196. The zero-order valence-corrected chi connectivity index (χ0v) is 9.37. The van der Waals surface area contributed by atoms with Gasteiger partial charge in [0.1, 0.15) is 0 Å². The van der Waals surface area contributed by atoms with Crippen LogP contribution >= 0.6 is 0 Å². The van der Waals surface area contributed by atoms with Gasteiger partial charge in [0.05, 0.1) is 26.6 Å². The Morgan fingerprint density at radius 2 is 1.71 bits per heavy atom. The first-order valence-electron chi connectivity index (χ1n) is 5.40. The highest BCUT2D eigenvalue weighted by Crippen LogP contribution is 2.06. The summed E-state index contributed by atoms with van der Waals surface area (Å²) in [4.78, 5) is 7.17. The number of terminal acetylenes is 1. The normalized spacial score (nSPS) is 20.9. The van der Waals surface area contributed by atoms with E-state index >= 15 is 0 Å². The highest BCUT2D eigenvalue weighted by atomic mass is 15.5. The van der Waals surface area contributed by atoms with Gasteiger partial charge in [-0.25, -0.2) is 0 Å². The van der Waals surface area contributed by atoms with E-state index < -0.39 is 0 Å². The highest BCUT2D eigenvalue weighted by Gasteiger charge is 2.20. The fourth-order valence-electron chi connectivity index (χ4n) is 1.87. The smallest absolute Gasteiger partial charge is 0.0622 e. The average molecular weight is 195 g/mol. The Bertz CT molecular complexity index is 197. The van der Waals surface area contributed by atoms with Crippen molar-refractivity contribution in [3.63, 3.8) is 0 Å². The van der Waals surface area contributed by atoms with Gasteiger partial charge in [0.2, 0.25) is 0 Å². The number of rotatable bonds is 4. The van der Waals surface area contributed by atoms with Gasteiger partial charge in [-0.15, -0.1) is 6.42 Å². The van der Waals surface area contributed by atoms with Crippen molar-refractivity contribution in [2.45, 2.75) is 20.3 Å². The summed E-state index contributed by atoms with van der Waals surface area (Å²) in [7, 11) is 0. The standard InChI is InChI=1S/C11H21N3/c1-4-7-13-9-12(6-3)10-14(11-13)8-5-2/h1H,5-11H2,2-3H3. The Balaban J connectivity index is 2.44. The molecule has 0 atom stereocenters. The second-order valence-corrected chi connectivity index (χ2v) is 3.84. The summed E-state index contributed by atoms with van der Waals surface area (Å²) >= 11 is 0. The molecule has 1 rings (SSSR count). The number of hydrogen-bond donors (Lipinski definition) is 0. The van der Waals surface area contributed by atoms with Crippen LogP contribution < -0.4 is 0 Å². The first-order chi connectivity index (χ1) is 6.80. The van der Waals surface area contributed by atoms with E-state index in [1.165, 1.54) is 6.42 Å². The third kappa shape index (κ3) is 3.30. The van der Waals surface area contributed by atoms with Crippen molar-refractivity contribution in [1.29, 1.82) is 0 Å². The van der Waals surface area contributed by atoms with E-state index in [4.69, 9.17) is 6.42 Å². The van der Waals surface area contributed by atoms with Crippen molar-refractivity contribution in [2.75, 3.05) is 39.6 Å². The lowest BCUT2D eigenvalue weighted by Crippen LogP contribution is -2.54. The largest absolute Gasteiger partial charge is 0.278 e. The Kier molecular flexibility index (Phi) is 4.95. The zero-order valence-electron chi connectivity index (χ0n) is 9.37. The van der Waals surface area contributed by atoms with Gasteiger partial charge in [-0.3, -0.25) is 14.7 Å². The maximum Gasteiger partial charge on any atom is 0.0622 e. The van der Waals surface area contributed by atoms with E-state index in [1.54, 1.807) is 0 Å². The molecule has 0 radical (unpaired) electrons. The molecule has 0 aromatic heterocycles. The molecule has 0 amide bonds. The SMILES string of the molecule is C#CCN1CN(CC)CN(CCC)C1. The van der Waals surface area contributed by atoms with Crippen LogP contribution in [0.2, 0.25) is 0 Å². The fraction of sp³-hybridized carbons (Fsp3) is 0.818. The van der Waals surface area contributed by atoms with Crippen molar-refractivity contribution >= 4 is 0 Å². The summed E-state index contributed by atoms with van der Waals surface area (Å²) in [5, 5.41) is 0. The van der Waals surface area contributed by atoms with Crippen molar-refractivity contribution in [3.8, 4) is 12.3 Å². The second-order valence-electron chi connectivity index (χ2n) is 3.84. The molecule has 0 aromatic carbocycles. The van der Waals surface area contributed by atoms with Crippen LogP contribution in [0.15, 0.2) is 0 Å². The van der Waals surface area contributed by atoms with Gasteiger partial charge < -0.3 is 0 Å². The van der Waals surface area contributed by atoms with Crippen LogP contribution in [0.1, 0.15) is 20.3 Å². The summed E-state index contributed by atoms with van der Waals surface area (Å²) in [6.45, 7) is 10.6. The molecule has 0 unspecified atom stereocenters. The first-order valence-corrected chi connectivity index (χ1v) is 5.40. The molecule has 1 saturated heterocycles. The lowest BCUT2D eigenvalue weighted by Gasteiger charge is -2.41. The van der Waals surface area contributed by atoms with Crippen molar-refractivity contribution in [1.82, 2.24) is 14.7 Å². The lowest BCUT2D eigenvalue weighted by atomic mass is 10.4. The molecule has 0 saturated carbocycles. The fourth-order valence-corrected chi connectivity index (χ4v) is 1.87. The molecule has 0 aromatic rings. The monoisotopic (exact) mass is 195 g/mol. The van der Waals surface area contributed by atoms with Crippen LogP contribution in [0.25, 0.3) is 0 Å². The quantitative estimate of drug-likeness (QED) is 0.616. The van der Waals surface area contributed by atoms with E-state index in [0.717, 1.165) is 39.6 Å². The first kappa shape index (κ1) is 11.5. The molecule has 3 nitrogen and oxygen atoms in total. The van der Waals surface area contributed by atoms with Gasteiger partial charge in [-0.1, -0.05) is 19.8 Å². The number of hydrogen-bond acceptors (Lipinski definition) is 3. The average Bonchev–Trinajstić information content (AvgIpc) is 2.18. The van der Waals surface area contributed by atoms with E-state index in [-0.39, 0.29) is 0 Å². The Morgan fingerprint density at radius 1 is 1.07 bits per heavy atom. The molecule has 0 spiro atoms. The second kappa shape index (κ2) is 6.02.